The fourth-order valence-electron chi connectivity index (χ4n) is 6.46. The number of benzene rings is 6. The van der Waals surface area contributed by atoms with Gasteiger partial charge in [0.25, 0.3) is 0 Å². The average molecular weight is 590 g/mol. The smallest absolute Gasteiger partial charge is 0.164 e. The molecule has 0 atom stereocenters. The Balaban J connectivity index is 1.21. The molecular weight excluding hydrogens is 562 g/mol. The zero-order valence-corrected chi connectivity index (χ0v) is 24.8. The van der Waals surface area contributed by atoms with Crippen molar-refractivity contribution < 1.29 is 0 Å². The van der Waals surface area contributed by atoms with E-state index in [1.54, 1.807) is 0 Å². The highest BCUT2D eigenvalue weighted by Gasteiger charge is 2.18. The summed E-state index contributed by atoms with van der Waals surface area (Å²) in [5.41, 5.74) is 8.60. The largest absolute Gasteiger partial charge is 0.316 e. The van der Waals surface area contributed by atoms with Gasteiger partial charge in [-0.3, -0.25) is 0 Å². The zero-order chi connectivity index (χ0) is 30.5. The van der Waals surface area contributed by atoms with Crippen LogP contribution >= 0.6 is 0 Å². The first-order chi connectivity index (χ1) is 22.8. The number of para-hydroxylation sites is 2. The second-order valence-electron chi connectivity index (χ2n) is 11.4. The molecule has 0 radical (unpaired) electrons. The topological polar surface area (TPSA) is 48.5 Å². The number of fused-ring (bicyclic) bond motifs is 5. The first kappa shape index (κ1) is 26.1. The number of nitrogens with zero attached hydrogens (tertiary/aromatic N) is 5. The van der Waals surface area contributed by atoms with E-state index in [1.807, 2.05) is 60.7 Å². The van der Waals surface area contributed by atoms with Gasteiger partial charge in [0.15, 0.2) is 17.5 Å². The van der Waals surface area contributed by atoms with Crippen molar-refractivity contribution in [2.75, 3.05) is 0 Å². The summed E-state index contributed by atoms with van der Waals surface area (Å²) in [5, 5.41) is 3.67. The molecule has 5 nitrogen and oxygen atoms in total. The first-order valence-corrected chi connectivity index (χ1v) is 15.4. The lowest BCUT2D eigenvalue weighted by molar-refractivity contribution is 1.07. The fourth-order valence-corrected chi connectivity index (χ4v) is 6.46. The molecule has 0 bridgehead atoms. The predicted molar refractivity (Wildman–Crippen MR) is 187 cm³/mol. The van der Waals surface area contributed by atoms with Gasteiger partial charge in [-0.05, 0) is 54.6 Å². The summed E-state index contributed by atoms with van der Waals surface area (Å²) < 4.78 is 4.64. The maximum Gasteiger partial charge on any atom is 0.164 e. The molecule has 3 aromatic heterocycles. The van der Waals surface area contributed by atoms with Gasteiger partial charge < -0.3 is 9.13 Å². The number of rotatable bonds is 5. The van der Waals surface area contributed by atoms with Crippen LogP contribution in [0.5, 0.6) is 0 Å². The van der Waals surface area contributed by atoms with E-state index in [9.17, 15) is 0 Å². The maximum atomic E-state index is 4.93. The minimum atomic E-state index is 0.642. The van der Waals surface area contributed by atoms with E-state index in [0.29, 0.717) is 17.5 Å². The van der Waals surface area contributed by atoms with Gasteiger partial charge in [0.1, 0.15) is 0 Å². The summed E-state index contributed by atoms with van der Waals surface area (Å²) in [6.45, 7) is 0. The van der Waals surface area contributed by atoms with E-state index in [-0.39, 0.29) is 0 Å². The van der Waals surface area contributed by atoms with Gasteiger partial charge in [-0.25, -0.2) is 15.0 Å². The van der Waals surface area contributed by atoms with Crippen LogP contribution in [0.2, 0.25) is 0 Å². The lowest BCUT2D eigenvalue weighted by Crippen LogP contribution is -2.00. The second-order valence-corrected chi connectivity index (χ2v) is 11.4. The third-order valence-electron chi connectivity index (χ3n) is 8.62. The SMILES string of the molecule is c1ccc(-c2nc(-c3ccccc3)nc(-c3ccc(-n4c5ccccc5c5ccc6c(ccn6-c6ccccc6)c54)cc3)n2)cc1. The second kappa shape index (κ2) is 10.7. The minimum Gasteiger partial charge on any atom is -0.316 e. The lowest BCUT2D eigenvalue weighted by Gasteiger charge is -2.11. The van der Waals surface area contributed by atoms with E-state index in [4.69, 9.17) is 15.0 Å². The van der Waals surface area contributed by atoms with E-state index < -0.39 is 0 Å². The van der Waals surface area contributed by atoms with Gasteiger partial charge in [-0.15, -0.1) is 0 Å². The number of aromatic nitrogens is 5. The molecular formula is C41H27N5. The van der Waals surface area contributed by atoms with Crippen molar-refractivity contribution in [3.63, 3.8) is 0 Å². The molecule has 0 spiro atoms. The Morgan fingerprint density at radius 3 is 1.52 bits per heavy atom. The molecule has 216 valence electrons. The normalized spacial score (nSPS) is 11.5. The minimum absolute atomic E-state index is 0.642. The number of hydrogen-bond donors (Lipinski definition) is 0. The summed E-state index contributed by atoms with van der Waals surface area (Å²) in [5.74, 6) is 1.95. The van der Waals surface area contributed by atoms with Crippen LogP contribution in [0.4, 0.5) is 0 Å². The molecule has 0 fully saturated rings. The van der Waals surface area contributed by atoms with Crippen molar-refractivity contribution >= 4 is 32.7 Å². The summed E-state index contributed by atoms with van der Waals surface area (Å²) in [6.07, 6.45) is 2.17. The Bertz CT molecular complexity index is 2440. The van der Waals surface area contributed by atoms with Crippen molar-refractivity contribution in [3.8, 4) is 45.5 Å². The molecule has 0 aliphatic carbocycles. The van der Waals surface area contributed by atoms with Crippen molar-refractivity contribution in [3.05, 3.63) is 164 Å². The van der Waals surface area contributed by atoms with Crippen LogP contribution in [0.1, 0.15) is 0 Å². The average Bonchev–Trinajstić information content (AvgIpc) is 3.72. The predicted octanol–water partition coefficient (Wildman–Crippen LogP) is 9.91. The van der Waals surface area contributed by atoms with Crippen LogP contribution in [0, 0.1) is 0 Å². The summed E-state index contributed by atoms with van der Waals surface area (Å²) in [7, 11) is 0. The monoisotopic (exact) mass is 589 g/mol. The molecule has 0 aliphatic rings. The van der Waals surface area contributed by atoms with E-state index >= 15 is 0 Å². The van der Waals surface area contributed by atoms with Crippen LogP contribution in [-0.2, 0) is 0 Å². The third-order valence-corrected chi connectivity index (χ3v) is 8.62. The molecule has 6 aromatic carbocycles. The van der Waals surface area contributed by atoms with Gasteiger partial charge in [0.2, 0.25) is 0 Å². The van der Waals surface area contributed by atoms with E-state index in [2.05, 4.69) is 112 Å². The highest BCUT2D eigenvalue weighted by molar-refractivity contribution is 6.18. The first-order valence-electron chi connectivity index (χ1n) is 15.4. The highest BCUT2D eigenvalue weighted by atomic mass is 15.0. The quantitative estimate of drug-likeness (QED) is 0.201. The molecule has 0 unspecified atom stereocenters. The molecule has 0 saturated heterocycles. The van der Waals surface area contributed by atoms with Gasteiger partial charge in [0, 0.05) is 50.4 Å². The summed E-state index contributed by atoms with van der Waals surface area (Å²) in [6, 6.07) is 54.6. The Morgan fingerprint density at radius 1 is 0.348 bits per heavy atom. The van der Waals surface area contributed by atoms with E-state index in [0.717, 1.165) is 28.1 Å². The molecule has 46 heavy (non-hydrogen) atoms. The van der Waals surface area contributed by atoms with Gasteiger partial charge in [-0.2, -0.15) is 0 Å². The van der Waals surface area contributed by atoms with Gasteiger partial charge in [0.05, 0.1) is 16.6 Å². The van der Waals surface area contributed by atoms with E-state index in [1.165, 1.54) is 32.7 Å². The molecule has 5 heteroatoms. The Morgan fingerprint density at radius 2 is 0.891 bits per heavy atom. The molecule has 0 aliphatic heterocycles. The van der Waals surface area contributed by atoms with Gasteiger partial charge in [-0.1, -0.05) is 103 Å². The van der Waals surface area contributed by atoms with Crippen LogP contribution in [-0.4, -0.2) is 24.1 Å². The fraction of sp³-hybridized carbons (Fsp3) is 0. The standard InChI is InChI=1S/C41H27N5/c1-4-12-28(13-5-1)39-42-40(29-14-6-2-7-15-29)44-41(43-39)30-20-22-32(23-21-30)46-37-19-11-10-18-33(37)34-24-25-36-35(38(34)46)26-27-45(36)31-16-8-3-9-17-31/h1-27H. The van der Waals surface area contributed by atoms with Crippen LogP contribution in [0.25, 0.3) is 78.2 Å². The molecule has 9 aromatic rings. The van der Waals surface area contributed by atoms with Crippen molar-refractivity contribution in [2.45, 2.75) is 0 Å². The molecule has 9 rings (SSSR count). The van der Waals surface area contributed by atoms with Crippen molar-refractivity contribution in [1.29, 1.82) is 0 Å². The van der Waals surface area contributed by atoms with Crippen molar-refractivity contribution in [2.24, 2.45) is 0 Å². The van der Waals surface area contributed by atoms with Crippen LogP contribution < -0.4 is 0 Å². The molecule has 3 heterocycles. The molecule has 0 saturated carbocycles. The maximum absolute atomic E-state index is 4.93. The number of hydrogen-bond acceptors (Lipinski definition) is 3. The highest BCUT2D eigenvalue weighted by Crippen LogP contribution is 2.38. The van der Waals surface area contributed by atoms with Crippen LogP contribution in [0.3, 0.4) is 0 Å². The third kappa shape index (κ3) is 4.29. The van der Waals surface area contributed by atoms with Gasteiger partial charge >= 0.3 is 0 Å². The molecule has 0 amide bonds. The summed E-state index contributed by atoms with van der Waals surface area (Å²) in [4.78, 5) is 14.7. The van der Waals surface area contributed by atoms with Crippen LogP contribution in [0.15, 0.2) is 164 Å². The summed E-state index contributed by atoms with van der Waals surface area (Å²) >= 11 is 0. The Labute approximate surface area is 265 Å². The Hall–Kier alpha value is -6.33. The van der Waals surface area contributed by atoms with Crippen molar-refractivity contribution in [1.82, 2.24) is 24.1 Å². The Kier molecular flexibility index (Phi) is 6.06. The zero-order valence-electron chi connectivity index (χ0n) is 24.8. The lowest BCUT2D eigenvalue weighted by atomic mass is 10.1. The molecule has 0 N–H and O–H groups in total.